The van der Waals surface area contributed by atoms with E-state index in [2.05, 4.69) is 5.10 Å². The molecular weight excluding hydrogens is 288 g/mol. The Morgan fingerprint density at radius 3 is 2.24 bits per heavy atom. The Labute approximate surface area is 127 Å². The molecule has 0 amide bonds. The van der Waals surface area contributed by atoms with Crippen LogP contribution in [0, 0.1) is 13.8 Å². The van der Waals surface area contributed by atoms with Gasteiger partial charge in [0.15, 0.2) is 0 Å². The lowest BCUT2D eigenvalue weighted by molar-refractivity contribution is 0.363. The number of nitrogens with two attached hydrogens (primary N) is 1. The molecular formula is C14H26N4O2S. The SMILES string of the molecule is Cc1nn(CCN)c(C)c1S(=O)(=O)N1CCCCCCC1. The number of aromatic nitrogens is 2. The Hall–Kier alpha value is -0.920. The lowest BCUT2D eigenvalue weighted by atomic mass is 10.1. The number of hydrogen-bond donors (Lipinski definition) is 1. The van der Waals surface area contributed by atoms with Crippen LogP contribution in [0.5, 0.6) is 0 Å². The van der Waals surface area contributed by atoms with Gasteiger partial charge < -0.3 is 5.73 Å². The summed E-state index contributed by atoms with van der Waals surface area (Å²) < 4.78 is 29.2. The van der Waals surface area contributed by atoms with E-state index in [9.17, 15) is 8.42 Å². The van der Waals surface area contributed by atoms with Crippen molar-refractivity contribution in [1.29, 1.82) is 0 Å². The maximum atomic E-state index is 13.0. The molecule has 1 aliphatic heterocycles. The van der Waals surface area contributed by atoms with Gasteiger partial charge in [0.1, 0.15) is 4.90 Å². The third-order valence-corrected chi connectivity index (χ3v) is 6.22. The number of hydrogen-bond acceptors (Lipinski definition) is 4. The van der Waals surface area contributed by atoms with Crippen molar-refractivity contribution < 1.29 is 8.42 Å². The topological polar surface area (TPSA) is 81.2 Å². The Morgan fingerprint density at radius 1 is 1.10 bits per heavy atom. The zero-order valence-electron chi connectivity index (χ0n) is 13.0. The van der Waals surface area contributed by atoms with Gasteiger partial charge in [0.2, 0.25) is 10.0 Å². The zero-order valence-corrected chi connectivity index (χ0v) is 13.8. The van der Waals surface area contributed by atoms with E-state index in [1.54, 1.807) is 15.9 Å². The largest absolute Gasteiger partial charge is 0.329 e. The minimum Gasteiger partial charge on any atom is -0.329 e. The number of rotatable bonds is 4. The molecule has 2 rings (SSSR count). The number of aryl methyl sites for hydroxylation is 1. The van der Waals surface area contributed by atoms with Crippen molar-refractivity contribution in [3.8, 4) is 0 Å². The maximum Gasteiger partial charge on any atom is 0.246 e. The maximum absolute atomic E-state index is 13.0. The first-order chi connectivity index (χ1) is 9.98. The van der Waals surface area contributed by atoms with E-state index in [0.29, 0.717) is 42.5 Å². The first kappa shape index (κ1) is 16.5. The lowest BCUT2D eigenvalue weighted by Gasteiger charge is -2.24. The molecule has 1 aliphatic rings. The summed E-state index contributed by atoms with van der Waals surface area (Å²) in [6.07, 6.45) is 5.30. The normalized spacial score (nSPS) is 18.4. The first-order valence-electron chi connectivity index (χ1n) is 7.72. The van der Waals surface area contributed by atoms with E-state index >= 15 is 0 Å². The molecule has 0 radical (unpaired) electrons. The average molecular weight is 314 g/mol. The van der Waals surface area contributed by atoms with Gasteiger partial charge in [-0.25, -0.2) is 8.42 Å². The Kier molecular flexibility index (Phi) is 5.40. The predicted octanol–water partition coefficient (Wildman–Crippen LogP) is 1.41. The van der Waals surface area contributed by atoms with E-state index in [0.717, 1.165) is 25.7 Å². The highest BCUT2D eigenvalue weighted by Gasteiger charge is 2.30. The fraction of sp³-hybridized carbons (Fsp3) is 0.786. The smallest absolute Gasteiger partial charge is 0.246 e. The predicted molar refractivity (Wildman–Crippen MR) is 82.6 cm³/mol. The molecule has 0 atom stereocenters. The van der Waals surface area contributed by atoms with E-state index in [1.165, 1.54) is 6.42 Å². The second-order valence-electron chi connectivity index (χ2n) is 5.68. The summed E-state index contributed by atoms with van der Waals surface area (Å²) in [5.74, 6) is 0. The van der Waals surface area contributed by atoms with Gasteiger partial charge >= 0.3 is 0 Å². The minimum atomic E-state index is -3.45. The van der Waals surface area contributed by atoms with E-state index in [4.69, 9.17) is 5.73 Å². The summed E-state index contributed by atoms with van der Waals surface area (Å²) in [6.45, 7) is 5.80. The van der Waals surface area contributed by atoms with Gasteiger partial charge in [-0.2, -0.15) is 9.40 Å². The quantitative estimate of drug-likeness (QED) is 0.911. The van der Waals surface area contributed by atoms with Crippen LogP contribution in [0.1, 0.15) is 43.5 Å². The molecule has 0 unspecified atom stereocenters. The van der Waals surface area contributed by atoms with Crippen LogP contribution in [0.25, 0.3) is 0 Å². The van der Waals surface area contributed by atoms with Crippen molar-refractivity contribution in [1.82, 2.24) is 14.1 Å². The van der Waals surface area contributed by atoms with Crippen LogP contribution >= 0.6 is 0 Å². The molecule has 120 valence electrons. The average Bonchev–Trinajstić information content (AvgIpc) is 2.64. The molecule has 1 fully saturated rings. The van der Waals surface area contributed by atoms with Crippen molar-refractivity contribution >= 4 is 10.0 Å². The molecule has 0 aromatic carbocycles. The van der Waals surface area contributed by atoms with E-state index in [1.807, 2.05) is 6.92 Å². The molecule has 6 nitrogen and oxygen atoms in total. The molecule has 0 saturated carbocycles. The fourth-order valence-corrected chi connectivity index (χ4v) is 4.87. The first-order valence-corrected chi connectivity index (χ1v) is 9.16. The Morgan fingerprint density at radius 2 is 1.67 bits per heavy atom. The van der Waals surface area contributed by atoms with Crippen LogP contribution in [-0.2, 0) is 16.6 Å². The lowest BCUT2D eigenvalue weighted by Crippen LogP contribution is -2.34. The van der Waals surface area contributed by atoms with Gasteiger partial charge in [-0.3, -0.25) is 4.68 Å². The molecule has 1 saturated heterocycles. The van der Waals surface area contributed by atoms with Crippen molar-refractivity contribution in [2.45, 2.75) is 57.4 Å². The van der Waals surface area contributed by atoms with Gasteiger partial charge in [0.05, 0.1) is 17.9 Å². The monoisotopic (exact) mass is 314 g/mol. The third-order valence-electron chi connectivity index (χ3n) is 4.07. The van der Waals surface area contributed by atoms with Gasteiger partial charge in [-0.15, -0.1) is 0 Å². The summed E-state index contributed by atoms with van der Waals surface area (Å²) in [5.41, 5.74) is 6.82. The highest BCUT2D eigenvalue weighted by Crippen LogP contribution is 2.25. The van der Waals surface area contributed by atoms with Crippen LogP contribution in [-0.4, -0.2) is 42.1 Å². The van der Waals surface area contributed by atoms with Crippen LogP contribution in [0.4, 0.5) is 0 Å². The van der Waals surface area contributed by atoms with Crippen LogP contribution in [0.3, 0.4) is 0 Å². The summed E-state index contributed by atoms with van der Waals surface area (Å²) in [7, 11) is -3.45. The summed E-state index contributed by atoms with van der Waals surface area (Å²) >= 11 is 0. The molecule has 2 N–H and O–H groups in total. The van der Waals surface area contributed by atoms with E-state index in [-0.39, 0.29) is 0 Å². The van der Waals surface area contributed by atoms with Crippen molar-refractivity contribution in [3.63, 3.8) is 0 Å². The Balaban J connectivity index is 2.33. The second-order valence-corrected chi connectivity index (χ2v) is 7.56. The Bertz CT molecular complexity index is 572. The molecule has 1 aromatic rings. The molecule has 0 bridgehead atoms. The van der Waals surface area contributed by atoms with Gasteiger partial charge in [-0.05, 0) is 26.7 Å². The number of sulfonamides is 1. The molecule has 1 aromatic heterocycles. The molecule has 7 heteroatoms. The second kappa shape index (κ2) is 6.89. The summed E-state index contributed by atoms with van der Waals surface area (Å²) in [4.78, 5) is 0.372. The van der Waals surface area contributed by atoms with Gasteiger partial charge in [-0.1, -0.05) is 19.3 Å². The molecule has 0 spiro atoms. The molecule has 2 heterocycles. The van der Waals surface area contributed by atoms with Crippen LogP contribution in [0.2, 0.25) is 0 Å². The third kappa shape index (κ3) is 3.46. The van der Waals surface area contributed by atoms with Crippen molar-refractivity contribution in [2.24, 2.45) is 5.73 Å². The molecule has 0 aliphatic carbocycles. The minimum absolute atomic E-state index is 0.372. The highest BCUT2D eigenvalue weighted by atomic mass is 32.2. The fourth-order valence-electron chi connectivity index (χ4n) is 2.98. The summed E-state index contributed by atoms with van der Waals surface area (Å²) in [6, 6.07) is 0. The van der Waals surface area contributed by atoms with Crippen molar-refractivity contribution in [2.75, 3.05) is 19.6 Å². The van der Waals surface area contributed by atoms with Crippen LogP contribution < -0.4 is 5.73 Å². The zero-order chi connectivity index (χ0) is 15.5. The highest BCUT2D eigenvalue weighted by molar-refractivity contribution is 7.89. The number of nitrogens with zero attached hydrogens (tertiary/aromatic N) is 3. The van der Waals surface area contributed by atoms with Crippen molar-refractivity contribution in [3.05, 3.63) is 11.4 Å². The van der Waals surface area contributed by atoms with E-state index < -0.39 is 10.0 Å². The molecule has 21 heavy (non-hydrogen) atoms. The standard InChI is InChI=1S/C14H26N4O2S/c1-12-14(13(2)18(16-12)11-8-15)21(19,20)17-9-6-4-3-5-7-10-17/h3-11,15H2,1-2H3. The van der Waals surface area contributed by atoms with Gasteiger partial charge in [0, 0.05) is 19.6 Å². The van der Waals surface area contributed by atoms with Crippen LogP contribution in [0.15, 0.2) is 4.90 Å². The van der Waals surface area contributed by atoms with Gasteiger partial charge in [0.25, 0.3) is 0 Å². The summed E-state index contributed by atoms with van der Waals surface area (Å²) in [5, 5.41) is 4.33.